The van der Waals surface area contributed by atoms with Gasteiger partial charge in [-0.3, -0.25) is 4.79 Å². The van der Waals surface area contributed by atoms with E-state index in [2.05, 4.69) is 11.9 Å². The van der Waals surface area contributed by atoms with Crippen LogP contribution in [0, 0.1) is 5.41 Å². The van der Waals surface area contributed by atoms with Crippen molar-refractivity contribution in [3.8, 4) is 5.75 Å². The van der Waals surface area contributed by atoms with Crippen molar-refractivity contribution in [3.63, 3.8) is 0 Å². The van der Waals surface area contributed by atoms with Crippen LogP contribution in [-0.2, 0) is 4.79 Å². The number of carbonyl (C=O) groups is 1. The van der Waals surface area contributed by atoms with E-state index in [-0.39, 0.29) is 17.4 Å². The van der Waals surface area contributed by atoms with E-state index >= 15 is 0 Å². The van der Waals surface area contributed by atoms with Crippen LogP contribution in [0.4, 0.5) is 0 Å². The Kier molecular flexibility index (Phi) is 5.97. The third-order valence-corrected chi connectivity index (χ3v) is 5.58. The summed E-state index contributed by atoms with van der Waals surface area (Å²) in [6, 6.07) is 9.70. The van der Waals surface area contributed by atoms with Gasteiger partial charge in [0.2, 0.25) is 5.91 Å². The minimum absolute atomic E-state index is 0.137. The van der Waals surface area contributed by atoms with Crippen LogP contribution in [0.2, 0.25) is 0 Å². The summed E-state index contributed by atoms with van der Waals surface area (Å²) in [6.45, 7) is 3.89. The number of hydrogen-bond donors (Lipinski definition) is 1. The Morgan fingerprint density at radius 3 is 2.88 bits per heavy atom. The van der Waals surface area contributed by atoms with Gasteiger partial charge in [0.25, 0.3) is 0 Å². The number of rotatable bonds is 5. The van der Waals surface area contributed by atoms with Gasteiger partial charge < -0.3 is 19.6 Å². The highest BCUT2D eigenvalue weighted by Gasteiger charge is 2.45. The number of hydrogen-bond acceptors (Lipinski definition) is 4. The van der Waals surface area contributed by atoms with Gasteiger partial charge in [0.1, 0.15) is 5.75 Å². The molecule has 0 radical (unpaired) electrons. The smallest absolute Gasteiger partial charge is 0.222 e. The Bertz CT molecular complexity index is 565. The van der Waals surface area contributed by atoms with Gasteiger partial charge in [-0.2, -0.15) is 0 Å². The highest BCUT2D eigenvalue weighted by Crippen LogP contribution is 2.38. The summed E-state index contributed by atoms with van der Waals surface area (Å²) < 4.78 is 5.67. The van der Waals surface area contributed by atoms with Gasteiger partial charge in [0.15, 0.2) is 0 Å². The zero-order chi connectivity index (χ0) is 17.7. The summed E-state index contributed by atoms with van der Waals surface area (Å²) in [5.41, 5.74) is -0.137. The first-order valence-corrected chi connectivity index (χ1v) is 9.41. The van der Waals surface area contributed by atoms with Gasteiger partial charge in [0, 0.05) is 38.0 Å². The Morgan fingerprint density at radius 2 is 2.08 bits per heavy atom. The highest BCUT2D eigenvalue weighted by atomic mass is 16.5. The van der Waals surface area contributed by atoms with Crippen molar-refractivity contribution in [1.82, 2.24) is 9.80 Å². The van der Waals surface area contributed by atoms with E-state index in [9.17, 15) is 9.90 Å². The number of para-hydroxylation sites is 1. The number of amides is 1. The Hall–Kier alpha value is -1.59. The molecule has 2 atom stereocenters. The molecule has 0 aliphatic carbocycles. The molecule has 2 saturated heterocycles. The van der Waals surface area contributed by atoms with Crippen molar-refractivity contribution < 1.29 is 14.6 Å². The van der Waals surface area contributed by atoms with Crippen molar-refractivity contribution in [3.05, 3.63) is 30.3 Å². The second-order valence-corrected chi connectivity index (χ2v) is 7.59. The Morgan fingerprint density at radius 1 is 1.28 bits per heavy atom. The maximum Gasteiger partial charge on any atom is 0.222 e. The minimum atomic E-state index is -0.291. The van der Waals surface area contributed by atoms with Crippen molar-refractivity contribution in [2.24, 2.45) is 5.41 Å². The molecule has 2 fully saturated rings. The van der Waals surface area contributed by atoms with E-state index in [1.165, 1.54) is 0 Å². The molecule has 0 bridgehead atoms. The summed E-state index contributed by atoms with van der Waals surface area (Å²) in [5, 5.41) is 10.6. The van der Waals surface area contributed by atoms with Gasteiger partial charge in [0.05, 0.1) is 12.7 Å². The molecule has 2 aliphatic heterocycles. The number of ether oxygens (including phenoxy) is 1. The lowest BCUT2D eigenvalue weighted by atomic mass is 9.71. The normalized spacial score (nSPS) is 27.4. The van der Waals surface area contributed by atoms with Crippen LogP contribution in [-0.4, -0.2) is 66.8 Å². The Balaban J connectivity index is 1.47. The quantitative estimate of drug-likeness (QED) is 0.830. The summed E-state index contributed by atoms with van der Waals surface area (Å²) in [5.74, 6) is 1.04. The molecule has 25 heavy (non-hydrogen) atoms. The average Bonchev–Trinajstić information content (AvgIpc) is 2.63. The average molecular weight is 346 g/mol. The van der Waals surface area contributed by atoms with E-state index in [0.717, 1.165) is 51.1 Å². The third-order valence-electron chi connectivity index (χ3n) is 5.58. The van der Waals surface area contributed by atoms with Crippen molar-refractivity contribution in [2.45, 2.75) is 38.2 Å². The van der Waals surface area contributed by atoms with Crippen LogP contribution in [0.3, 0.4) is 0 Å². The number of nitrogens with zero attached hydrogens (tertiary/aromatic N) is 2. The van der Waals surface area contributed by atoms with E-state index in [1.807, 2.05) is 35.2 Å². The monoisotopic (exact) mass is 346 g/mol. The molecule has 2 aliphatic rings. The first-order chi connectivity index (χ1) is 12.1. The standard InChI is InChI=1S/C20H30N2O3/c1-21-13-10-18(23)20(15-21)11-6-12-22(16-20)19(24)9-5-14-25-17-7-3-2-4-8-17/h2-4,7-8,18,23H,5-6,9-16H2,1H3/t18-,20-/m0/s1. The molecular formula is C20H30N2O3. The number of aliphatic hydroxyl groups excluding tert-OH is 1. The predicted molar refractivity (Wildman–Crippen MR) is 97.5 cm³/mol. The maximum absolute atomic E-state index is 12.6. The second-order valence-electron chi connectivity index (χ2n) is 7.59. The number of aliphatic hydroxyl groups is 1. The molecule has 1 spiro atoms. The first-order valence-electron chi connectivity index (χ1n) is 9.41. The molecule has 1 aromatic rings. The van der Waals surface area contributed by atoms with Crippen LogP contribution >= 0.6 is 0 Å². The summed E-state index contributed by atoms with van der Waals surface area (Å²) in [4.78, 5) is 16.9. The van der Waals surface area contributed by atoms with Gasteiger partial charge in [-0.1, -0.05) is 18.2 Å². The van der Waals surface area contributed by atoms with Gasteiger partial charge >= 0.3 is 0 Å². The molecule has 2 heterocycles. The van der Waals surface area contributed by atoms with Gasteiger partial charge in [-0.25, -0.2) is 0 Å². The number of carbonyl (C=O) groups excluding carboxylic acids is 1. The first kappa shape index (κ1) is 18.2. The number of benzene rings is 1. The zero-order valence-corrected chi connectivity index (χ0v) is 15.2. The molecule has 1 amide bonds. The fourth-order valence-electron chi connectivity index (χ4n) is 4.23. The van der Waals surface area contributed by atoms with E-state index in [4.69, 9.17) is 4.74 Å². The zero-order valence-electron chi connectivity index (χ0n) is 15.2. The number of likely N-dealkylation sites (tertiary alicyclic amines) is 2. The summed E-state index contributed by atoms with van der Waals surface area (Å²) >= 11 is 0. The lowest BCUT2D eigenvalue weighted by Gasteiger charge is -2.50. The molecule has 0 unspecified atom stereocenters. The van der Waals surface area contributed by atoms with Crippen LogP contribution in [0.15, 0.2) is 30.3 Å². The SMILES string of the molecule is CN1CC[C@H](O)[C@@]2(CCCN(C(=O)CCCOc3ccccc3)C2)C1. The van der Waals surface area contributed by atoms with Crippen molar-refractivity contribution in [2.75, 3.05) is 39.8 Å². The summed E-state index contributed by atoms with van der Waals surface area (Å²) in [7, 11) is 2.11. The molecule has 5 heteroatoms. The molecule has 0 saturated carbocycles. The summed E-state index contributed by atoms with van der Waals surface area (Å²) in [6.07, 6.45) is 3.75. The predicted octanol–water partition coefficient (Wildman–Crippen LogP) is 2.15. The fourth-order valence-corrected chi connectivity index (χ4v) is 4.23. The molecule has 1 N–H and O–H groups in total. The Labute approximate surface area is 150 Å². The molecule has 1 aromatic carbocycles. The van der Waals surface area contributed by atoms with Gasteiger partial charge in [-0.15, -0.1) is 0 Å². The molecule has 138 valence electrons. The minimum Gasteiger partial charge on any atom is -0.494 e. The van der Waals surface area contributed by atoms with Crippen LogP contribution in [0.5, 0.6) is 5.75 Å². The van der Waals surface area contributed by atoms with Crippen LogP contribution < -0.4 is 4.74 Å². The largest absolute Gasteiger partial charge is 0.494 e. The molecule has 3 rings (SSSR count). The molecule has 5 nitrogen and oxygen atoms in total. The third kappa shape index (κ3) is 4.53. The topological polar surface area (TPSA) is 53.0 Å². The maximum atomic E-state index is 12.6. The lowest BCUT2D eigenvalue weighted by molar-refractivity contribution is -0.141. The van der Waals surface area contributed by atoms with Crippen LogP contribution in [0.25, 0.3) is 0 Å². The van der Waals surface area contributed by atoms with Gasteiger partial charge in [-0.05, 0) is 44.9 Å². The van der Waals surface area contributed by atoms with E-state index < -0.39 is 0 Å². The molecule has 0 aromatic heterocycles. The highest BCUT2D eigenvalue weighted by molar-refractivity contribution is 5.76. The van der Waals surface area contributed by atoms with E-state index in [0.29, 0.717) is 19.6 Å². The molecular weight excluding hydrogens is 316 g/mol. The van der Waals surface area contributed by atoms with Crippen molar-refractivity contribution in [1.29, 1.82) is 0 Å². The van der Waals surface area contributed by atoms with Crippen molar-refractivity contribution >= 4 is 5.91 Å². The van der Waals surface area contributed by atoms with Crippen LogP contribution in [0.1, 0.15) is 32.1 Å². The second kappa shape index (κ2) is 8.19. The number of piperidine rings is 2. The fraction of sp³-hybridized carbons (Fsp3) is 0.650. The van der Waals surface area contributed by atoms with E-state index in [1.54, 1.807) is 0 Å². The lowest BCUT2D eigenvalue weighted by Crippen LogP contribution is -2.59.